The average Bonchev–Trinajstić information content (AvgIpc) is 3.95. The summed E-state index contributed by atoms with van der Waals surface area (Å²) in [5.41, 5.74) is 8.62. The Kier molecular flexibility index (Phi) is 13.0. The Bertz CT molecular complexity index is 3650. The molecule has 2 heterocycles. The molecule has 0 bridgehead atoms. The monoisotopic (exact) mass is 1040 g/mol. The molecule has 8 aromatic carbocycles. The summed E-state index contributed by atoms with van der Waals surface area (Å²) in [6, 6.07) is 59.4. The highest BCUT2D eigenvalue weighted by molar-refractivity contribution is 9.10. The summed E-state index contributed by atoms with van der Waals surface area (Å²) in [5.74, 6) is -0.531. The van der Waals surface area contributed by atoms with Crippen LogP contribution in [0, 0.1) is 13.8 Å². The van der Waals surface area contributed by atoms with Crippen molar-refractivity contribution in [1.29, 1.82) is 0 Å². The minimum Gasteiger partial charge on any atom is -0.321 e. The van der Waals surface area contributed by atoms with Crippen LogP contribution >= 0.6 is 31.9 Å². The Morgan fingerprint density at radius 2 is 1.03 bits per heavy atom. The van der Waals surface area contributed by atoms with Gasteiger partial charge in [-0.3, -0.25) is 9.59 Å². The number of hydrogen-bond acceptors (Lipinski definition) is 6. The number of carbonyl (C=O) groups excluding carboxylic acids is 2. The molecule has 0 aliphatic carbocycles. The maximum Gasteiger partial charge on any atom is 0.274 e. The number of primary sulfonamides is 1. The first-order valence-corrected chi connectivity index (χ1v) is 24.4. The summed E-state index contributed by atoms with van der Waals surface area (Å²) in [6.07, 6.45) is 0. The van der Waals surface area contributed by atoms with Crippen molar-refractivity contribution < 1.29 is 18.0 Å². The molecule has 2 aromatic heterocycles. The van der Waals surface area contributed by atoms with Gasteiger partial charge < -0.3 is 10.6 Å². The number of nitrogens with zero attached hydrogens (tertiary/aromatic N) is 4. The van der Waals surface area contributed by atoms with Crippen molar-refractivity contribution >= 4 is 86.6 Å². The third-order valence-corrected chi connectivity index (χ3v) is 13.2. The van der Waals surface area contributed by atoms with E-state index in [1.807, 2.05) is 129 Å². The second-order valence-corrected chi connectivity index (χ2v) is 19.3. The van der Waals surface area contributed by atoms with Crippen molar-refractivity contribution in [2.45, 2.75) is 18.7 Å². The summed E-state index contributed by atoms with van der Waals surface area (Å²) in [7, 11) is -3.90. The molecule has 0 atom stereocenters. The van der Waals surface area contributed by atoms with Crippen LogP contribution < -0.4 is 15.8 Å². The fourth-order valence-corrected chi connectivity index (χ4v) is 9.47. The molecule has 10 aromatic rings. The number of fused-ring (bicyclic) bond motifs is 2. The van der Waals surface area contributed by atoms with Crippen molar-refractivity contribution in [3.63, 3.8) is 0 Å². The first-order chi connectivity index (χ1) is 32.8. The number of hydrogen-bond donors (Lipinski definition) is 3. The van der Waals surface area contributed by atoms with Crippen LogP contribution in [0.5, 0.6) is 0 Å². The molecule has 4 N–H and O–H groups in total. The van der Waals surface area contributed by atoms with Gasteiger partial charge in [0.2, 0.25) is 10.0 Å². The number of aryl methyl sites for hydroxylation is 2. The van der Waals surface area contributed by atoms with Gasteiger partial charge in [0.15, 0.2) is 0 Å². The molecule has 0 fully saturated rings. The third-order valence-electron chi connectivity index (χ3n) is 11.1. The largest absolute Gasteiger partial charge is 0.321 e. The van der Waals surface area contributed by atoms with Gasteiger partial charge in [0.1, 0.15) is 11.4 Å². The zero-order valence-corrected chi connectivity index (χ0v) is 40.5. The zero-order chi connectivity index (χ0) is 47.5. The molecule has 0 aliphatic rings. The molecule has 0 aliphatic heterocycles. The lowest BCUT2D eigenvalue weighted by atomic mass is 10.1. The van der Waals surface area contributed by atoms with Crippen molar-refractivity contribution in [3.8, 4) is 33.6 Å². The van der Waals surface area contributed by atoms with Gasteiger partial charge in [-0.25, -0.2) is 22.9 Å². The normalized spacial score (nSPS) is 11.2. The van der Waals surface area contributed by atoms with Gasteiger partial charge in [0.25, 0.3) is 11.8 Å². The van der Waals surface area contributed by atoms with Crippen LogP contribution in [0.3, 0.4) is 0 Å². The Hall–Kier alpha value is -7.49. The second kappa shape index (κ2) is 19.4. The van der Waals surface area contributed by atoms with Crippen molar-refractivity contribution in [2.75, 3.05) is 10.6 Å². The van der Waals surface area contributed by atoms with Gasteiger partial charge in [-0.15, -0.1) is 0 Å². The number of sulfonamides is 1. The number of anilines is 2. The summed E-state index contributed by atoms with van der Waals surface area (Å²) in [4.78, 5) is 26.4. The number of rotatable bonds is 9. The maximum absolute atomic E-state index is 13.3. The van der Waals surface area contributed by atoms with Crippen molar-refractivity contribution in [1.82, 2.24) is 19.6 Å². The van der Waals surface area contributed by atoms with Crippen molar-refractivity contribution in [3.05, 3.63) is 220 Å². The molecule has 14 heteroatoms. The molecule has 10 rings (SSSR count). The van der Waals surface area contributed by atoms with E-state index < -0.39 is 10.0 Å². The van der Waals surface area contributed by atoms with Crippen LogP contribution in [0.2, 0.25) is 0 Å². The molecule has 68 heavy (non-hydrogen) atoms. The van der Waals surface area contributed by atoms with Crippen LogP contribution in [0.4, 0.5) is 11.4 Å². The molecule has 0 unspecified atom stereocenters. The minimum absolute atomic E-state index is 0.0285. The van der Waals surface area contributed by atoms with Crippen LogP contribution in [0.15, 0.2) is 202 Å². The topological polar surface area (TPSA) is 154 Å². The highest BCUT2D eigenvalue weighted by atomic mass is 79.9. The number of benzene rings is 8. The lowest BCUT2D eigenvalue weighted by Crippen LogP contribution is -2.17. The Morgan fingerprint density at radius 1 is 0.515 bits per heavy atom. The fourth-order valence-electron chi connectivity index (χ4n) is 7.86. The Labute approximate surface area is 409 Å². The van der Waals surface area contributed by atoms with E-state index in [1.54, 1.807) is 51.8 Å². The van der Waals surface area contributed by atoms with Crippen LogP contribution in [-0.2, 0) is 10.0 Å². The van der Waals surface area contributed by atoms with Crippen LogP contribution in [0.25, 0.3) is 55.2 Å². The third kappa shape index (κ3) is 10.1. The predicted octanol–water partition coefficient (Wildman–Crippen LogP) is 12.7. The Balaban J connectivity index is 0.000000172. The van der Waals surface area contributed by atoms with Crippen LogP contribution in [-0.4, -0.2) is 39.8 Å². The van der Waals surface area contributed by atoms with E-state index in [2.05, 4.69) is 77.0 Å². The van der Waals surface area contributed by atoms with Gasteiger partial charge in [0, 0.05) is 20.2 Å². The van der Waals surface area contributed by atoms with Crippen molar-refractivity contribution in [2.24, 2.45) is 5.14 Å². The smallest absolute Gasteiger partial charge is 0.274 e. The van der Waals surface area contributed by atoms with Gasteiger partial charge in [-0.1, -0.05) is 125 Å². The zero-order valence-electron chi connectivity index (χ0n) is 36.6. The molecule has 0 radical (unpaired) electrons. The first-order valence-electron chi connectivity index (χ1n) is 21.3. The average molecular weight is 1040 g/mol. The fraction of sp³-hybridized carbons (Fsp3) is 0.0370. The quantitative estimate of drug-likeness (QED) is 0.131. The lowest BCUT2D eigenvalue weighted by Gasteiger charge is -2.13. The highest BCUT2D eigenvalue weighted by Gasteiger charge is 2.20. The van der Waals surface area contributed by atoms with E-state index in [4.69, 9.17) is 5.14 Å². The van der Waals surface area contributed by atoms with Gasteiger partial charge in [0.05, 0.1) is 33.3 Å². The van der Waals surface area contributed by atoms with Crippen LogP contribution in [0.1, 0.15) is 32.4 Å². The SMILES string of the molecule is Cc1cc(C(=O)Nc2ccc(-c3ccccc3)cc2)n(-c2ccc3ccccc3c2)n1.Cc1cc(C(=O)Nc2ccc(-c3ccccc3S(N)(=O)=O)cc2Br)n(-c2ccc3cc(Br)ccc3c2)n1. The standard InChI is InChI=1S/C27H20Br2N4O3S.C27H21N3O/c1-16-12-25(33(32-16)21-10-7-17-13-20(28)9-6-18(17)14-21)27(34)31-24-11-8-19(15-23(24)29)22-4-2-3-5-26(22)37(30,35)36;1-19-17-26(30(29-19)25-16-13-21-9-5-6-10-23(21)18-25)27(31)28-24-14-11-22(12-15-24)20-7-3-2-4-8-20/h2-15H,1H3,(H,31,34)(H2,30,35,36);2-18H,1H3,(H,28,31). The van der Waals surface area contributed by atoms with Gasteiger partial charge in [-0.2, -0.15) is 10.2 Å². The van der Waals surface area contributed by atoms with E-state index in [0.717, 1.165) is 59.9 Å². The van der Waals surface area contributed by atoms with E-state index in [-0.39, 0.29) is 16.7 Å². The number of carbonyl (C=O) groups is 2. The molecular formula is C54H41Br2N7O4S. The molecule has 0 saturated carbocycles. The lowest BCUT2D eigenvalue weighted by molar-refractivity contribution is 0.101. The summed E-state index contributed by atoms with van der Waals surface area (Å²) in [5, 5.41) is 24.8. The minimum atomic E-state index is -3.90. The second-order valence-electron chi connectivity index (χ2n) is 16.0. The van der Waals surface area contributed by atoms with E-state index in [9.17, 15) is 18.0 Å². The summed E-state index contributed by atoms with van der Waals surface area (Å²) < 4.78 is 28.9. The van der Waals surface area contributed by atoms with E-state index in [0.29, 0.717) is 38.4 Å². The van der Waals surface area contributed by atoms with Gasteiger partial charge in [-0.05, 0) is 147 Å². The first kappa shape index (κ1) is 45.7. The van der Waals surface area contributed by atoms with E-state index >= 15 is 0 Å². The maximum atomic E-state index is 13.3. The molecule has 0 saturated heterocycles. The number of nitrogens with one attached hydrogen (secondary N) is 2. The highest BCUT2D eigenvalue weighted by Crippen LogP contribution is 2.33. The number of halogens is 2. The Morgan fingerprint density at radius 3 is 1.68 bits per heavy atom. The number of amides is 2. The van der Waals surface area contributed by atoms with E-state index in [1.165, 1.54) is 6.07 Å². The predicted molar refractivity (Wildman–Crippen MR) is 278 cm³/mol. The molecule has 336 valence electrons. The van der Waals surface area contributed by atoms with Gasteiger partial charge >= 0.3 is 0 Å². The molecule has 0 spiro atoms. The molecule has 11 nitrogen and oxygen atoms in total. The summed E-state index contributed by atoms with van der Waals surface area (Å²) in [6.45, 7) is 3.72. The number of nitrogens with two attached hydrogens (primary N) is 1. The molecular weight excluding hydrogens is 1000 g/mol. The number of aromatic nitrogens is 4. The molecule has 2 amide bonds. The summed E-state index contributed by atoms with van der Waals surface area (Å²) >= 11 is 6.99.